The normalized spacial score (nSPS) is 16.8. The van der Waals surface area contributed by atoms with Crippen LogP contribution in [-0.2, 0) is 28.2 Å². The van der Waals surface area contributed by atoms with Gasteiger partial charge in [0.25, 0.3) is 0 Å². The third-order valence-electron chi connectivity index (χ3n) is 23.1. The summed E-state index contributed by atoms with van der Waals surface area (Å²) in [6.45, 7) is 74.1. The number of hydrogen-bond acceptors (Lipinski definition) is 19. The maximum atomic E-state index is 13.7. The van der Waals surface area contributed by atoms with Crippen molar-refractivity contribution >= 4 is 168 Å². The van der Waals surface area contributed by atoms with Crippen molar-refractivity contribution in [3.05, 3.63) is 182 Å². The fourth-order valence-corrected chi connectivity index (χ4v) is 36.3. The van der Waals surface area contributed by atoms with Crippen LogP contribution in [0.2, 0.25) is 37.8 Å². The van der Waals surface area contributed by atoms with Crippen LogP contribution in [0.5, 0.6) is 0 Å². The Bertz CT molecular complexity index is 3910. The second-order valence-electron chi connectivity index (χ2n) is 38.3. The number of carbonyl (C=O) groups is 3. The first-order valence-electron chi connectivity index (χ1n) is 51.1. The Morgan fingerprint density at radius 3 is 0.890 bits per heavy atom. The van der Waals surface area contributed by atoms with Crippen molar-refractivity contribution in [2.75, 3.05) is 38.9 Å². The molecule has 772 valence electrons. The molecule has 0 bridgehead atoms. The molecule has 31 heteroatoms. The van der Waals surface area contributed by atoms with E-state index in [1.807, 2.05) is 60.7 Å². The number of ether oxygens (including phenoxy) is 5. The number of rotatable bonds is 40. The summed E-state index contributed by atoms with van der Waals surface area (Å²) >= 11 is 13.9. The third kappa shape index (κ3) is 47.2. The Balaban J connectivity index is -0.000000824. The van der Waals surface area contributed by atoms with Gasteiger partial charge in [0.2, 0.25) is 11.2 Å². The Morgan fingerprint density at radius 2 is 0.676 bits per heavy atom. The summed E-state index contributed by atoms with van der Waals surface area (Å²) in [5.74, 6) is 0. The van der Waals surface area contributed by atoms with Gasteiger partial charge in [0.1, 0.15) is 31.8 Å². The summed E-state index contributed by atoms with van der Waals surface area (Å²) < 4.78 is 83.8. The standard InChI is InChI=1S/C28H45N2O2PSi.C28H42NO4PSi.C16H17ClO2Si.C12H28ClN2P.C12H29N2P.C6H12O2.CH3I.2CH4O.Al.Li.4H/c1-22(2)29(23(3)4)33(30(24(5)6)25(7)8)28(31)32-20-21-34(9,26-16-12-10-13-17-26)27-18-14-11-15-19-27;1-21(2)29(22(3)4)34(33-27-20-23(5)32-24(27)6)28(30)31-18-19-35(7,25-14-10-8-11-15-25)26-16-12-9-13-17-26;1-20(13-12-19-16(17)18,14-8-4-2-5-9-14)15-10-6-3-7-11-15;1-9(2)14(10(3)4)16(13)15(11(5)6)12(7)8;1-9(2)13(10(3)4)15-14(11(5)6)12(7)8;1-4-3-6(7)5(2)8-4;3*1-2;;;;;;/h10-19,22-25H,20-21H2,1-9H3;8-17,21-24,27H,18-20H2,1-7H3;2-11H,12-13H2,1H3;9-12H,1-8H3;9-12,15H,1-8H3;4-7H,3H2,1-2H3;1H3;2*2H,1H3;;;;;;/q;;;;;;;;;;+1;;;;-1/t;23-,24+,27-,34?;;;;4-,5+,6-;;;;;;;;;/m.0...0........./s1/i;6D;;;;2D;1D;2*2T;;;;;;. The first kappa shape index (κ1) is 128. The summed E-state index contributed by atoms with van der Waals surface area (Å²) in [7, 11) is -6.29. The fourth-order valence-electron chi connectivity index (χ4n) is 16.9. The Hall–Kier alpha value is -1.98. The topological polar surface area (TPSA) is 190 Å². The molecule has 0 aromatic heterocycles. The van der Waals surface area contributed by atoms with E-state index in [4.69, 9.17) is 63.1 Å². The zero-order valence-corrected chi connectivity index (χ0v) is 100. The molecule has 0 radical (unpaired) electrons. The maximum absolute atomic E-state index is 13.7. The van der Waals surface area contributed by atoms with E-state index in [0.717, 1.165) is 27.0 Å². The summed E-state index contributed by atoms with van der Waals surface area (Å²) in [4.78, 5) is 38.6. The molecular formula is C105H188AlCl2ILiN7O12P4Si3. The van der Waals surface area contributed by atoms with Crippen molar-refractivity contribution in [3.8, 4) is 0 Å². The summed E-state index contributed by atoms with van der Waals surface area (Å²) in [6.07, 6.45) is 0.298. The molecule has 2 heterocycles. The summed E-state index contributed by atoms with van der Waals surface area (Å²) in [5.41, 5.74) is -1.10. The second-order valence-corrected chi connectivity index (χ2v) is 58.6. The zero-order valence-electron chi connectivity index (χ0n) is 95.7. The third-order valence-corrected chi connectivity index (χ3v) is 48.0. The van der Waals surface area contributed by atoms with Crippen molar-refractivity contribution in [2.45, 2.75) is 393 Å². The van der Waals surface area contributed by atoms with Gasteiger partial charge in [-0.1, -0.05) is 267 Å². The molecular weight excluding hydrogens is 1990 g/mol. The quantitative estimate of drug-likeness (QED) is 0.00821. The van der Waals surface area contributed by atoms with Gasteiger partial charge >= 0.3 is 35.7 Å². The summed E-state index contributed by atoms with van der Waals surface area (Å²) in [5, 5.41) is 24.2. The van der Waals surface area contributed by atoms with E-state index in [0.29, 0.717) is 85.9 Å². The van der Waals surface area contributed by atoms with Gasteiger partial charge in [-0.2, -0.15) is 0 Å². The molecule has 2 fully saturated rings. The first-order valence-corrected chi connectivity index (χ1v) is 63.7. The van der Waals surface area contributed by atoms with E-state index in [9.17, 15) is 14.4 Å². The number of aliphatic hydroxyl groups is 3. The number of benzene rings is 6. The Kier molecular flexibility index (Phi) is 68.9. The van der Waals surface area contributed by atoms with Crippen LogP contribution in [0.4, 0.5) is 14.4 Å². The van der Waals surface area contributed by atoms with Crippen molar-refractivity contribution in [3.63, 3.8) is 0 Å². The molecule has 6 aromatic carbocycles. The molecule has 0 spiro atoms. The van der Waals surface area contributed by atoms with Crippen LogP contribution < -0.4 is 50.0 Å². The van der Waals surface area contributed by atoms with Gasteiger partial charge in [-0.25, -0.2) is 19.1 Å². The van der Waals surface area contributed by atoms with E-state index in [1.54, 1.807) is 0 Å². The molecule has 7 atom stereocenters. The first-order chi connectivity index (χ1) is 65.2. The minimum Gasteiger partial charge on any atom is -1.00 e. The molecule has 136 heavy (non-hydrogen) atoms. The monoisotopic (exact) mass is 2190 g/mol. The van der Waals surface area contributed by atoms with Crippen LogP contribution in [0.15, 0.2) is 182 Å². The SMILES string of the molecule is CC(C)N(C(C)C)P(C(=O)OCC[Si](C)(c1ccccc1)c1ccccc1)N(C(C)C)C(C)C.CC(C)N(C(C)C)P(Cl)N(C(C)C)C(C)C.CC(C)N(PN(C(C)C)C(C)C)C(C)C.C[Si](CCOC(=O)Cl)(c1ccccc1)c1ccccc1.[2H]CI.[2H]C[C@H]1O[C@@H](C)C[C@@H]1O.[2H]C[C@H]1O[C@@H](C)C[C@@H]1OP(C(=O)OCC[Si](C)(c1ccccc1)c1ccccc1)N(C(C)C)C(C)C.[3H]OC.[3H]OC.[AlH3].[H-].[Li+]. The predicted molar refractivity (Wildman–Crippen MR) is 613 cm³/mol. The molecule has 8 rings (SSSR count). The minimum absolute atomic E-state index is 0. The molecule has 2 aliphatic heterocycles. The molecule has 19 nitrogen and oxygen atoms in total. The van der Waals surface area contributed by atoms with Crippen LogP contribution >= 0.6 is 78.4 Å². The van der Waals surface area contributed by atoms with Crippen molar-refractivity contribution in [2.24, 2.45) is 0 Å². The number of halogens is 3. The number of nitrogens with zero attached hydrogens (tertiary/aromatic N) is 7. The Morgan fingerprint density at radius 1 is 0.441 bits per heavy atom. The molecule has 2 saturated heterocycles. The van der Waals surface area contributed by atoms with Crippen LogP contribution in [0.3, 0.4) is 0 Å². The summed E-state index contributed by atoms with van der Waals surface area (Å²) in [6, 6.07) is 71.7. The second kappa shape index (κ2) is 73.2. The minimum atomic E-state index is -2.10. The van der Waals surface area contributed by atoms with E-state index in [2.05, 4.69) is 414 Å². The van der Waals surface area contributed by atoms with Gasteiger partial charge in [0.15, 0.2) is 25.6 Å². The number of aliphatic hydroxyl groups excluding tert-OH is 3. The van der Waals surface area contributed by atoms with Gasteiger partial charge in [0.05, 0.1) is 56.4 Å². The predicted octanol–water partition coefficient (Wildman–Crippen LogP) is 21.0. The van der Waals surface area contributed by atoms with Gasteiger partial charge in [-0.05, 0) is 245 Å². The molecule has 1 unspecified atom stereocenters. The number of carbonyl (C=O) groups excluding carboxylic acids is 3. The van der Waals surface area contributed by atoms with Gasteiger partial charge in [-0.15, -0.1) is 0 Å². The van der Waals surface area contributed by atoms with Gasteiger partial charge in [-0.3, -0.25) is 28.0 Å². The van der Waals surface area contributed by atoms with E-state index < -0.39 is 59.9 Å². The molecule has 0 amide bonds. The maximum Gasteiger partial charge on any atom is 1.00 e. The van der Waals surface area contributed by atoms with Crippen LogP contribution in [0, 0.1) is 0 Å². The van der Waals surface area contributed by atoms with Crippen LogP contribution in [0.1, 0.15) is 240 Å². The van der Waals surface area contributed by atoms with Crippen molar-refractivity contribution in [1.82, 2.24) is 32.7 Å². The van der Waals surface area contributed by atoms with E-state index >= 15 is 0 Å². The van der Waals surface area contributed by atoms with E-state index in [-0.39, 0.29) is 130 Å². The molecule has 0 saturated carbocycles. The number of hydrogen-bond donors (Lipinski definition) is 3. The average molecular weight is 2190 g/mol. The molecule has 3 N–H and O–H groups in total. The van der Waals surface area contributed by atoms with Crippen molar-refractivity contribution in [1.29, 1.82) is 2.86 Å². The van der Waals surface area contributed by atoms with E-state index in [1.165, 1.54) is 45.3 Å². The van der Waals surface area contributed by atoms with Gasteiger partial charge in [0, 0.05) is 136 Å². The molecule has 6 aromatic rings. The zero-order chi connectivity index (χ0) is 106. The van der Waals surface area contributed by atoms with Crippen molar-refractivity contribution < 1.29 is 82.3 Å². The smallest absolute Gasteiger partial charge is 1.00 e. The molecule has 2 aliphatic rings. The largest absolute Gasteiger partial charge is 1.00 e. The Labute approximate surface area is 892 Å². The van der Waals surface area contributed by atoms with Gasteiger partial charge < -0.3 is 45.0 Å². The fraction of sp³-hybridized carbons (Fsp3) is 0.629. The molecule has 0 aliphatic carbocycles. The van der Waals surface area contributed by atoms with Crippen LogP contribution in [-0.4, -0.2) is 269 Å². The van der Waals surface area contributed by atoms with Crippen LogP contribution in [0.25, 0.3) is 0 Å². The average Bonchev–Trinajstić information content (AvgIpc) is 1.15. The number of alkyl halides is 1.